The first-order chi connectivity index (χ1) is 11.4. The number of aryl methyl sites for hydroxylation is 1. The Morgan fingerprint density at radius 2 is 2.08 bits per heavy atom. The van der Waals surface area contributed by atoms with Crippen molar-refractivity contribution in [3.8, 4) is 5.75 Å². The summed E-state index contributed by atoms with van der Waals surface area (Å²) in [6.45, 7) is -0.138. The molecule has 3 rings (SSSR count). The summed E-state index contributed by atoms with van der Waals surface area (Å²) in [6.07, 6.45) is 3.04. The minimum atomic E-state index is -2.83. The van der Waals surface area contributed by atoms with E-state index in [2.05, 4.69) is 15.6 Å². The molecular formula is C16H20Cl2F2N4O2. The van der Waals surface area contributed by atoms with Crippen molar-refractivity contribution in [3.05, 3.63) is 42.5 Å². The van der Waals surface area contributed by atoms with Crippen LogP contribution in [0.2, 0.25) is 0 Å². The van der Waals surface area contributed by atoms with E-state index in [1.807, 2.05) is 17.8 Å². The maximum absolute atomic E-state index is 13.1. The largest absolute Gasteiger partial charge is 0.486 e. The summed E-state index contributed by atoms with van der Waals surface area (Å²) in [5.74, 6) is -1.87. The predicted molar refractivity (Wildman–Crippen MR) is 98.5 cm³/mol. The number of alkyl halides is 2. The molecule has 0 radical (unpaired) electrons. The molecule has 26 heavy (non-hydrogen) atoms. The lowest BCUT2D eigenvalue weighted by Gasteiger charge is -2.12. The van der Waals surface area contributed by atoms with Crippen LogP contribution in [0.5, 0.6) is 5.75 Å². The highest BCUT2D eigenvalue weighted by Gasteiger charge is 2.42. The molecule has 0 spiro atoms. The molecule has 10 heteroatoms. The van der Waals surface area contributed by atoms with Crippen LogP contribution in [-0.2, 0) is 18.4 Å². The van der Waals surface area contributed by atoms with Crippen LogP contribution < -0.4 is 15.4 Å². The van der Waals surface area contributed by atoms with Crippen LogP contribution >= 0.6 is 24.8 Å². The fourth-order valence-corrected chi connectivity index (χ4v) is 2.45. The quantitative estimate of drug-likeness (QED) is 0.797. The third kappa shape index (κ3) is 5.55. The molecule has 1 aromatic carbocycles. The fourth-order valence-electron chi connectivity index (χ4n) is 2.45. The second kappa shape index (κ2) is 9.16. The molecule has 1 atom stereocenters. The van der Waals surface area contributed by atoms with E-state index in [1.54, 1.807) is 30.5 Å². The number of amides is 1. The van der Waals surface area contributed by atoms with Crippen molar-refractivity contribution in [2.45, 2.75) is 25.0 Å². The Hall–Kier alpha value is -1.90. The third-order valence-corrected chi connectivity index (χ3v) is 3.84. The highest BCUT2D eigenvalue weighted by molar-refractivity contribution is 5.95. The summed E-state index contributed by atoms with van der Waals surface area (Å²) in [7, 11) is 1.88. The van der Waals surface area contributed by atoms with E-state index >= 15 is 0 Å². The number of carbonyl (C=O) groups is 1. The summed E-state index contributed by atoms with van der Waals surface area (Å²) in [6, 6.07) is 5.86. The highest BCUT2D eigenvalue weighted by Crippen LogP contribution is 2.26. The number of rotatable bonds is 5. The molecule has 2 N–H and O–H groups in total. The number of nitrogens with zero attached hydrogens (tertiary/aromatic N) is 2. The van der Waals surface area contributed by atoms with Crippen LogP contribution in [0.25, 0.3) is 0 Å². The first-order valence-electron chi connectivity index (χ1n) is 7.54. The summed E-state index contributed by atoms with van der Waals surface area (Å²) in [4.78, 5) is 16.1. The summed E-state index contributed by atoms with van der Waals surface area (Å²) in [5.41, 5.74) is 0.529. The predicted octanol–water partition coefficient (Wildman–Crippen LogP) is 2.78. The van der Waals surface area contributed by atoms with Gasteiger partial charge < -0.3 is 14.6 Å². The normalized spacial score (nSPS) is 17.7. The van der Waals surface area contributed by atoms with Crippen molar-refractivity contribution in [1.29, 1.82) is 0 Å². The summed E-state index contributed by atoms with van der Waals surface area (Å²) < 4.78 is 33.7. The Bertz CT molecular complexity index is 725. The average Bonchev–Trinajstić information content (AvgIpc) is 3.12. The number of carbonyl (C=O) groups excluding carboxylic acids is 1. The van der Waals surface area contributed by atoms with Gasteiger partial charge in [-0.3, -0.25) is 10.1 Å². The molecular weight excluding hydrogens is 389 g/mol. The minimum absolute atomic E-state index is 0. The molecule has 1 aromatic heterocycles. The second-order valence-electron chi connectivity index (χ2n) is 5.75. The van der Waals surface area contributed by atoms with Crippen LogP contribution in [0.1, 0.15) is 12.2 Å². The van der Waals surface area contributed by atoms with Crippen molar-refractivity contribution in [3.63, 3.8) is 0 Å². The van der Waals surface area contributed by atoms with Gasteiger partial charge in [-0.05, 0) is 24.3 Å². The third-order valence-electron chi connectivity index (χ3n) is 3.84. The number of benzene rings is 1. The van der Waals surface area contributed by atoms with Crippen LogP contribution in [0.4, 0.5) is 14.5 Å². The number of anilines is 1. The first kappa shape index (κ1) is 22.1. The van der Waals surface area contributed by atoms with Crippen LogP contribution in [-0.4, -0.2) is 34.0 Å². The molecule has 1 unspecified atom stereocenters. The first-order valence-corrected chi connectivity index (χ1v) is 7.54. The molecule has 2 heterocycles. The van der Waals surface area contributed by atoms with Crippen molar-refractivity contribution in [1.82, 2.24) is 14.9 Å². The van der Waals surface area contributed by atoms with Gasteiger partial charge in [0.1, 0.15) is 18.2 Å². The van der Waals surface area contributed by atoms with Gasteiger partial charge in [0.2, 0.25) is 5.91 Å². The molecule has 2 aromatic rings. The topological polar surface area (TPSA) is 68.2 Å². The Morgan fingerprint density at radius 3 is 2.62 bits per heavy atom. The highest BCUT2D eigenvalue weighted by atomic mass is 35.5. The van der Waals surface area contributed by atoms with Crippen molar-refractivity contribution in [2.24, 2.45) is 7.05 Å². The lowest BCUT2D eigenvalue weighted by molar-refractivity contribution is -0.118. The fraction of sp³-hybridized carbons (Fsp3) is 0.375. The van der Waals surface area contributed by atoms with Crippen LogP contribution in [0.3, 0.4) is 0 Å². The smallest absolute Gasteiger partial charge is 0.262 e. The van der Waals surface area contributed by atoms with Gasteiger partial charge in [0.25, 0.3) is 5.92 Å². The molecule has 1 aliphatic heterocycles. The zero-order valence-corrected chi connectivity index (χ0v) is 15.6. The molecule has 1 fully saturated rings. The molecule has 1 amide bonds. The number of hydrogen-bond donors (Lipinski definition) is 2. The Morgan fingerprint density at radius 1 is 1.38 bits per heavy atom. The van der Waals surface area contributed by atoms with Gasteiger partial charge in [0.15, 0.2) is 0 Å². The Labute approximate surface area is 162 Å². The zero-order valence-electron chi connectivity index (χ0n) is 13.9. The maximum atomic E-state index is 13.1. The van der Waals surface area contributed by atoms with Crippen molar-refractivity contribution in [2.75, 3.05) is 11.9 Å². The summed E-state index contributed by atoms with van der Waals surface area (Å²) in [5, 5.41) is 5.14. The van der Waals surface area contributed by atoms with E-state index in [9.17, 15) is 13.6 Å². The second-order valence-corrected chi connectivity index (χ2v) is 5.75. The number of halogens is 4. The lowest BCUT2D eigenvalue weighted by atomic mass is 10.2. The average molecular weight is 409 g/mol. The molecule has 1 saturated heterocycles. The van der Waals surface area contributed by atoms with E-state index in [1.165, 1.54) is 0 Å². The van der Waals surface area contributed by atoms with Crippen LogP contribution in [0, 0.1) is 0 Å². The van der Waals surface area contributed by atoms with E-state index in [0.29, 0.717) is 18.0 Å². The monoisotopic (exact) mass is 408 g/mol. The molecule has 1 aliphatic rings. The van der Waals surface area contributed by atoms with Gasteiger partial charge in [-0.1, -0.05) is 0 Å². The SMILES string of the molecule is Cl.Cl.Cn1ccnc1COc1ccc(NC(=O)C2CC(F)(F)CN2)cc1. The van der Waals surface area contributed by atoms with E-state index in [-0.39, 0.29) is 24.8 Å². The van der Waals surface area contributed by atoms with E-state index in [0.717, 1.165) is 5.82 Å². The van der Waals surface area contributed by atoms with Gasteiger partial charge in [-0.2, -0.15) is 0 Å². The minimum Gasteiger partial charge on any atom is -0.486 e. The van der Waals surface area contributed by atoms with Gasteiger partial charge in [-0.25, -0.2) is 13.8 Å². The zero-order chi connectivity index (χ0) is 17.2. The van der Waals surface area contributed by atoms with E-state index in [4.69, 9.17) is 4.74 Å². The number of hydrogen-bond acceptors (Lipinski definition) is 4. The number of aromatic nitrogens is 2. The number of imidazole rings is 1. The summed E-state index contributed by atoms with van der Waals surface area (Å²) >= 11 is 0. The Kier molecular flexibility index (Phi) is 7.80. The number of ether oxygens (including phenoxy) is 1. The Balaban J connectivity index is 0.00000169. The standard InChI is InChI=1S/C16H18F2N4O2.2ClH/c1-22-7-6-19-14(22)9-24-12-4-2-11(3-5-12)21-15(23)13-8-16(17,18)10-20-13;;/h2-7,13,20H,8-10H2,1H3,(H,21,23);2*1H. The van der Waals surface area contributed by atoms with Crippen LogP contribution in [0.15, 0.2) is 36.7 Å². The lowest BCUT2D eigenvalue weighted by Crippen LogP contribution is -2.35. The van der Waals surface area contributed by atoms with Gasteiger partial charge in [0.05, 0.1) is 12.6 Å². The molecule has 144 valence electrons. The molecule has 0 aliphatic carbocycles. The number of nitrogens with one attached hydrogen (secondary N) is 2. The maximum Gasteiger partial charge on any atom is 0.262 e. The van der Waals surface area contributed by atoms with Gasteiger partial charge in [-0.15, -0.1) is 24.8 Å². The van der Waals surface area contributed by atoms with E-state index < -0.39 is 30.8 Å². The molecule has 0 bridgehead atoms. The van der Waals surface area contributed by atoms with Crippen molar-refractivity contribution >= 4 is 36.4 Å². The molecule has 6 nitrogen and oxygen atoms in total. The van der Waals surface area contributed by atoms with Gasteiger partial charge in [0, 0.05) is 31.5 Å². The van der Waals surface area contributed by atoms with Gasteiger partial charge >= 0.3 is 0 Å². The molecule has 0 saturated carbocycles. The van der Waals surface area contributed by atoms with Crippen molar-refractivity contribution < 1.29 is 18.3 Å².